The SMILES string of the molecule is c1ccc(-c2nc(-c3ccc4c(c3)N(c3ccccc3)c3ccccc3C43C4CC5CC(C4)CC3C5)nc3ccccc23)cc1. The second-order valence-electron chi connectivity index (χ2n) is 13.9. The highest BCUT2D eigenvalue weighted by atomic mass is 15.2. The smallest absolute Gasteiger partial charge is 0.160 e. The zero-order chi connectivity index (χ0) is 29.5. The van der Waals surface area contributed by atoms with Gasteiger partial charge in [-0.15, -0.1) is 0 Å². The van der Waals surface area contributed by atoms with Gasteiger partial charge in [-0.3, -0.25) is 0 Å². The highest BCUT2D eigenvalue weighted by molar-refractivity contribution is 5.94. The van der Waals surface area contributed by atoms with Crippen LogP contribution in [-0.4, -0.2) is 9.97 Å². The van der Waals surface area contributed by atoms with Crippen molar-refractivity contribution in [3.63, 3.8) is 0 Å². The van der Waals surface area contributed by atoms with Crippen molar-refractivity contribution in [2.75, 3.05) is 4.90 Å². The number of para-hydroxylation sites is 3. The highest BCUT2D eigenvalue weighted by Gasteiger charge is 2.61. The third-order valence-electron chi connectivity index (χ3n) is 11.6. The molecule has 1 aromatic heterocycles. The lowest BCUT2D eigenvalue weighted by Gasteiger charge is -2.64. The molecule has 0 N–H and O–H groups in total. The first-order chi connectivity index (χ1) is 22.3. The molecule has 0 amide bonds. The number of hydrogen-bond acceptors (Lipinski definition) is 3. The Balaban J connectivity index is 1.23. The van der Waals surface area contributed by atoms with E-state index in [2.05, 4.69) is 132 Å². The molecule has 6 aromatic rings. The minimum Gasteiger partial charge on any atom is -0.310 e. The van der Waals surface area contributed by atoms with E-state index >= 15 is 0 Å². The molecule has 1 spiro atoms. The first kappa shape index (κ1) is 25.6. The number of fused-ring (bicyclic) bond motifs is 3. The maximum atomic E-state index is 5.28. The van der Waals surface area contributed by atoms with Crippen LogP contribution in [0.25, 0.3) is 33.5 Å². The van der Waals surface area contributed by atoms with Crippen LogP contribution in [-0.2, 0) is 5.41 Å². The summed E-state index contributed by atoms with van der Waals surface area (Å²) in [5.41, 5.74) is 11.1. The van der Waals surface area contributed by atoms with Crippen molar-refractivity contribution < 1.29 is 0 Å². The Labute approximate surface area is 264 Å². The molecule has 3 nitrogen and oxygen atoms in total. The van der Waals surface area contributed by atoms with E-state index < -0.39 is 0 Å². The van der Waals surface area contributed by atoms with Gasteiger partial charge in [0.15, 0.2) is 5.82 Å². The molecule has 0 saturated heterocycles. The number of anilines is 3. The van der Waals surface area contributed by atoms with Crippen molar-refractivity contribution in [2.24, 2.45) is 23.7 Å². The molecule has 218 valence electrons. The van der Waals surface area contributed by atoms with Crippen molar-refractivity contribution in [3.05, 3.63) is 139 Å². The molecular weight excluding hydrogens is 546 g/mol. The summed E-state index contributed by atoms with van der Waals surface area (Å²) in [5.74, 6) is 3.98. The van der Waals surface area contributed by atoms with Crippen LogP contribution in [0.4, 0.5) is 17.1 Å². The molecular formula is C42H35N3. The Hall–Kier alpha value is -4.76. The van der Waals surface area contributed by atoms with Gasteiger partial charge in [0.25, 0.3) is 0 Å². The van der Waals surface area contributed by atoms with Crippen molar-refractivity contribution in [1.29, 1.82) is 0 Å². The normalized spacial score (nSPS) is 25.8. The number of aromatic nitrogens is 2. The predicted octanol–water partition coefficient (Wildman–Crippen LogP) is 10.5. The molecule has 4 fully saturated rings. The minimum absolute atomic E-state index is 0.0581. The molecule has 1 aliphatic heterocycles. The van der Waals surface area contributed by atoms with Gasteiger partial charge < -0.3 is 4.90 Å². The summed E-state index contributed by atoms with van der Waals surface area (Å²) < 4.78 is 0. The van der Waals surface area contributed by atoms with Crippen LogP contribution in [0.2, 0.25) is 0 Å². The summed E-state index contributed by atoms with van der Waals surface area (Å²) in [6.07, 6.45) is 6.91. The fraction of sp³-hybridized carbons (Fsp3) is 0.238. The molecule has 5 aromatic carbocycles. The average Bonchev–Trinajstić information content (AvgIpc) is 3.09. The van der Waals surface area contributed by atoms with Gasteiger partial charge in [-0.25, -0.2) is 9.97 Å². The number of nitrogens with zero attached hydrogens (tertiary/aromatic N) is 3. The maximum Gasteiger partial charge on any atom is 0.160 e. The average molecular weight is 582 g/mol. The second kappa shape index (κ2) is 9.62. The van der Waals surface area contributed by atoms with Crippen molar-refractivity contribution in [2.45, 2.75) is 37.5 Å². The van der Waals surface area contributed by atoms with E-state index in [4.69, 9.17) is 9.97 Å². The topological polar surface area (TPSA) is 29.0 Å². The summed E-state index contributed by atoms with van der Waals surface area (Å²) in [4.78, 5) is 13.0. The Morgan fingerprint density at radius 3 is 1.96 bits per heavy atom. The molecule has 3 heteroatoms. The van der Waals surface area contributed by atoms with Gasteiger partial charge in [0.05, 0.1) is 22.6 Å². The molecule has 5 aliphatic rings. The van der Waals surface area contributed by atoms with Gasteiger partial charge in [0.1, 0.15) is 0 Å². The number of benzene rings is 5. The number of hydrogen-bond donors (Lipinski definition) is 0. The Morgan fingerprint density at radius 2 is 1.18 bits per heavy atom. The fourth-order valence-electron chi connectivity index (χ4n) is 10.2. The third-order valence-corrected chi connectivity index (χ3v) is 11.6. The Kier molecular flexibility index (Phi) is 5.46. The van der Waals surface area contributed by atoms with Crippen LogP contribution in [0, 0.1) is 23.7 Å². The first-order valence-electron chi connectivity index (χ1n) is 16.7. The van der Waals surface area contributed by atoms with Crippen molar-refractivity contribution in [1.82, 2.24) is 9.97 Å². The van der Waals surface area contributed by atoms with E-state index in [9.17, 15) is 0 Å². The summed E-state index contributed by atoms with van der Waals surface area (Å²) in [5, 5.41) is 1.08. The summed E-state index contributed by atoms with van der Waals surface area (Å²) in [7, 11) is 0. The van der Waals surface area contributed by atoms with E-state index in [-0.39, 0.29) is 5.41 Å². The zero-order valence-corrected chi connectivity index (χ0v) is 25.3. The molecule has 4 bridgehead atoms. The summed E-state index contributed by atoms with van der Waals surface area (Å²) in [6.45, 7) is 0. The molecule has 2 heterocycles. The van der Waals surface area contributed by atoms with Crippen LogP contribution in [0.1, 0.15) is 43.2 Å². The summed E-state index contributed by atoms with van der Waals surface area (Å²) in [6, 6.07) is 46.4. The minimum atomic E-state index is 0.0581. The molecule has 45 heavy (non-hydrogen) atoms. The lowest BCUT2D eigenvalue weighted by atomic mass is 9.41. The van der Waals surface area contributed by atoms with E-state index in [1.54, 1.807) is 0 Å². The van der Waals surface area contributed by atoms with Gasteiger partial charge in [-0.2, -0.15) is 0 Å². The molecule has 4 saturated carbocycles. The van der Waals surface area contributed by atoms with Gasteiger partial charge in [0.2, 0.25) is 0 Å². The lowest BCUT2D eigenvalue weighted by Crippen LogP contribution is -2.57. The molecule has 11 rings (SSSR count). The van der Waals surface area contributed by atoms with E-state index in [1.807, 2.05) is 0 Å². The van der Waals surface area contributed by atoms with Crippen molar-refractivity contribution >= 4 is 28.0 Å². The Bertz CT molecular complexity index is 2060. The van der Waals surface area contributed by atoms with Gasteiger partial charge in [-0.1, -0.05) is 97.1 Å². The summed E-state index contributed by atoms with van der Waals surface area (Å²) >= 11 is 0. The standard InChI is InChI=1S/C42H35N3/c1-3-11-29(12-4-1)40-34-15-7-9-17-37(34)43-41(44-40)30-19-20-36-39(26-30)45(33-13-5-2-6-14-33)38-18-10-8-16-35(38)42(36)31-22-27-21-28(24-31)25-32(42)23-27/h1-20,26-28,31-32H,21-25H2. The predicted molar refractivity (Wildman–Crippen MR) is 183 cm³/mol. The molecule has 0 radical (unpaired) electrons. The molecule has 0 unspecified atom stereocenters. The lowest BCUT2D eigenvalue weighted by molar-refractivity contribution is -0.0419. The first-order valence-corrected chi connectivity index (χ1v) is 16.7. The van der Waals surface area contributed by atoms with Gasteiger partial charge >= 0.3 is 0 Å². The fourth-order valence-corrected chi connectivity index (χ4v) is 10.2. The van der Waals surface area contributed by atoms with Crippen LogP contribution in [0.3, 0.4) is 0 Å². The Morgan fingerprint density at radius 1 is 0.533 bits per heavy atom. The van der Waals surface area contributed by atoms with Crippen LogP contribution in [0.15, 0.2) is 127 Å². The van der Waals surface area contributed by atoms with Gasteiger partial charge in [0, 0.05) is 27.6 Å². The van der Waals surface area contributed by atoms with Crippen LogP contribution >= 0.6 is 0 Å². The van der Waals surface area contributed by atoms with Crippen LogP contribution < -0.4 is 4.90 Å². The zero-order valence-electron chi connectivity index (χ0n) is 25.3. The van der Waals surface area contributed by atoms with E-state index in [1.165, 1.54) is 60.3 Å². The van der Waals surface area contributed by atoms with E-state index in [0.717, 1.165) is 45.4 Å². The largest absolute Gasteiger partial charge is 0.310 e. The highest BCUT2D eigenvalue weighted by Crippen LogP contribution is 2.69. The van der Waals surface area contributed by atoms with E-state index in [0.29, 0.717) is 11.8 Å². The van der Waals surface area contributed by atoms with Crippen molar-refractivity contribution in [3.8, 4) is 22.6 Å². The maximum absolute atomic E-state index is 5.28. The van der Waals surface area contributed by atoms with Crippen LogP contribution in [0.5, 0.6) is 0 Å². The second-order valence-corrected chi connectivity index (χ2v) is 13.9. The third kappa shape index (κ3) is 3.64. The number of rotatable bonds is 3. The molecule has 4 aliphatic carbocycles. The molecule has 0 atom stereocenters. The van der Waals surface area contributed by atoms with Gasteiger partial charge in [-0.05, 0) is 97.2 Å². The monoisotopic (exact) mass is 581 g/mol. The quantitative estimate of drug-likeness (QED) is 0.208.